The summed E-state index contributed by atoms with van der Waals surface area (Å²) < 4.78 is 8.48. The minimum atomic E-state index is -3.37. The molecule has 0 aliphatic heterocycles. The lowest BCUT2D eigenvalue weighted by molar-refractivity contribution is -0.297. The van der Waals surface area contributed by atoms with E-state index in [2.05, 4.69) is 0 Å². The second kappa shape index (κ2) is 4.31. The molecule has 0 aromatic rings. The van der Waals surface area contributed by atoms with Crippen LogP contribution in [0.1, 0.15) is 0 Å². The van der Waals surface area contributed by atoms with Crippen LogP contribution in [0.25, 0.3) is 0 Å². The van der Waals surface area contributed by atoms with Crippen LogP contribution in [-0.4, -0.2) is 0 Å². The molecule has 0 atom stereocenters. The van der Waals surface area contributed by atoms with Crippen molar-refractivity contribution >= 4 is 20.7 Å². The van der Waals surface area contributed by atoms with Crippen LogP contribution < -0.4 is 9.79 Å². The van der Waals surface area contributed by atoms with Crippen LogP contribution in [-0.2, 0) is 4.57 Å². The first-order valence-electron chi connectivity index (χ1n) is 0.548. The fourth-order valence-corrected chi connectivity index (χ4v) is 0. The van der Waals surface area contributed by atoms with E-state index in [0.29, 0.717) is 0 Å². The first-order valence-corrected chi connectivity index (χ1v) is 1.64. The van der Waals surface area contributed by atoms with Crippen molar-refractivity contribution in [1.82, 2.24) is 0 Å². The number of hydrogen-bond donors (Lipinski definition) is 0. The number of halogens is 1. The zero-order valence-corrected chi connectivity index (χ0v) is 3.79. The molecule has 0 aromatic heterocycles. The van der Waals surface area contributed by atoms with Crippen molar-refractivity contribution in [3.8, 4) is 0 Å². The molecule has 0 aliphatic rings. The molecule has 0 rings (SSSR count). The van der Waals surface area contributed by atoms with Gasteiger partial charge in [0.25, 0.3) is 8.25 Å². The molecule has 0 bridgehead atoms. The minimum Gasteiger partial charge on any atom is -0.598 e. The van der Waals surface area contributed by atoms with E-state index in [1.165, 1.54) is 0 Å². The van der Waals surface area contributed by atoms with Gasteiger partial charge in [-0.1, -0.05) is 4.57 Å². The molecule has 0 fully saturated rings. The summed E-state index contributed by atoms with van der Waals surface area (Å²) in [5.74, 6) is 0. The molecular weight excluding hydrogens is 114 g/mol. The molecule has 0 heterocycles. The molecular formula is HClO3P-. The molecule has 32 valence electrons. The van der Waals surface area contributed by atoms with Crippen molar-refractivity contribution in [3.05, 3.63) is 0 Å². The summed E-state index contributed by atoms with van der Waals surface area (Å²) in [5, 5.41) is 0. The standard InChI is InChI=1S/ClH.HO3P/c;1-4(2)3/h1H;(H,1,2,3)/p-1. The molecule has 0 aliphatic carbocycles. The third kappa shape index (κ3) is 239. The van der Waals surface area contributed by atoms with Gasteiger partial charge in [0.05, 0.1) is 0 Å². The second-order valence-electron chi connectivity index (χ2n) is 0.224. The third-order valence-corrected chi connectivity index (χ3v) is 0. The zero-order valence-electron chi connectivity index (χ0n) is 2.08. The summed E-state index contributed by atoms with van der Waals surface area (Å²) in [7, 11) is -3.37. The van der Waals surface area contributed by atoms with Gasteiger partial charge in [-0.2, -0.15) is 0 Å². The smallest absolute Gasteiger partial charge is 0.276 e. The van der Waals surface area contributed by atoms with Crippen LogP contribution in [0.15, 0.2) is 0 Å². The van der Waals surface area contributed by atoms with E-state index in [0.717, 1.165) is 0 Å². The largest absolute Gasteiger partial charge is 0.598 e. The average molecular weight is 115 g/mol. The van der Waals surface area contributed by atoms with Crippen LogP contribution >= 0.6 is 20.7 Å². The predicted octanol–water partition coefficient (Wildman–Crippen LogP) is -1.21. The van der Waals surface area contributed by atoms with Crippen LogP contribution in [0.5, 0.6) is 0 Å². The zero-order chi connectivity index (χ0) is 3.58. The van der Waals surface area contributed by atoms with Crippen molar-refractivity contribution in [2.75, 3.05) is 0 Å². The normalized spacial score (nSPS) is 5.20. The van der Waals surface area contributed by atoms with Gasteiger partial charge in [0, 0.05) is 0 Å². The molecule has 0 amide bonds. The third-order valence-electron chi connectivity index (χ3n) is 0. The molecule has 0 spiro atoms. The van der Waals surface area contributed by atoms with Crippen molar-refractivity contribution in [1.29, 1.82) is 0 Å². The van der Waals surface area contributed by atoms with Gasteiger partial charge in [-0.3, -0.25) is 0 Å². The van der Waals surface area contributed by atoms with E-state index >= 15 is 0 Å². The first kappa shape index (κ1) is 9.00. The molecule has 0 aromatic carbocycles. The van der Waals surface area contributed by atoms with E-state index < -0.39 is 8.25 Å². The molecule has 0 saturated heterocycles. The molecule has 0 saturated carbocycles. The number of rotatable bonds is 0. The average Bonchev–Trinajstić information content (AvgIpc) is 0.811. The Bertz CT molecular complexity index is 29.9. The summed E-state index contributed by atoms with van der Waals surface area (Å²) in [5.41, 5.74) is 0. The highest BCUT2D eigenvalue weighted by molar-refractivity contribution is 7.27. The second-order valence-corrected chi connectivity index (χ2v) is 0.671. The van der Waals surface area contributed by atoms with E-state index in [-0.39, 0.29) is 12.4 Å². The Labute approximate surface area is 36.0 Å². The maximum atomic E-state index is 8.48. The van der Waals surface area contributed by atoms with Crippen LogP contribution in [0.2, 0.25) is 0 Å². The topological polar surface area (TPSA) is 63.2 Å². The van der Waals surface area contributed by atoms with Crippen molar-refractivity contribution in [3.63, 3.8) is 0 Å². The van der Waals surface area contributed by atoms with Gasteiger partial charge in [0.1, 0.15) is 0 Å². The molecule has 0 radical (unpaired) electrons. The summed E-state index contributed by atoms with van der Waals surface area (Å²) >= 11 is 0. The molecule has 5 heteroatoms. The molecule has 3 nitrogen and oxygen atoms in total. The van der Waals surface area contributed by atoms with Gasteiger partial charge in [0.15, 0.2) is 0 Å². The van der Waals surface area contributed by atoms with Gasteiger partial charge in [-0.15, -0.1) is 12.4 Å². The van der Waals surface area contributed by atoms with Crippen molar-refractivity contribution in [2.45, 2.75) is 0 Å². The van der Waals surface area contributed by atoms with Crippen LogP contribution in [0, 0.1) is 0 Å². The quantitative estimate of drug-likeness (QED) is 0.372. The van der Waals surface area contributed by atoms with E-state index in [4.69, 9.17) is 14.4 Å². The number of hydrogen-bond acceptors (Lipinski definition) is 3. The SMILES string of the molecule is Cl.O=[P+]([O-])[O-]. The van der Waals surface area contributed by atoms with Crippen LogP contribution in [0.4, 0.5) is 0 Å². The minimum absolute atomic E-state index is 0. The maximum absolute atomic E-state index is 8.48. The van der Waals surface area contributed by atoms with Gasteiger partial charge < -0.3 is 9.79 Å². The van der Waals surface area contributed by atoms with Gasteiger partial charge in [-0.25, -0.2) is 0 Å². The maximum Gasteiger partial charge on any atom is 0.276 e. The lowest BCUT2D eigenvalue weighted by Gasteiger charge is -1.75. The lowest BCUT2D eigenvalue weighted by atomic mass is 15.8. The lowest BCUT2D eigenvalue weighted by Crippen LogP contribution is -1.97. The Morgan fingerprint density at radius 1 is 1.40 bits per heavy atom. The summed E-state index contributed by atoms with van der Waals surface area (Å²) in [6.07, 6.45) is 0. The summed E-state index contributed by atoms with van der Waals surface area (Å²) in [6.45, 7) is 0. The fourth-order valence-electron chi connectivity index (χ4n) is 0. The Hall–Kier alpha value is 0.310. The van der Waals surface area contributed by atoms with Gasteiger partial charge >= 0.3 is 0 Å². The molecule has 0 N–H and O–H groups in total. The highest BCUT2D eigenvalue weighted by atomic mass is 35.5. The van der Waals surface area contributed by atoms with Gasteiger partial charge in [-0.05, 0) is 0 Å². The predicted molar refractivity (Wildman–Crippen MR) is 14.9 cm³/mol. The molecule has 5 heavy (non-hydrogen) atoms. The Balaban J connectivity index is 0. The highest BCUT2D eigenvalue weighted by Crippen LogP contribution is 1.79. The fraction of sp³-hybridized carbons (Fsp3) is 0. The van der Waals surface area contributed by atoms with E-state index in [1.807, 2.05) is 0 Å². The van der Waals surface area contributed by atoms with Gasteiger partial charge in [0.2, 0.25) is 0 Å². The Morgan fingerprint density at radius 2 is 1.40 bits per heavy atom. The van der Waals surface area contributed by atoms with E-state index in [9.17, 15) is 0 Å². The van der Waals surface area contributed by atoms with Crippen molar-refractivity contribution < 1.29 is 14.4 Å². The molecule has 0 unspecified atom stereocenters. The monoisotopic (exact) mass is 115 g/mol. The first-order chi connectivity index (χ1) is 1.73. The highest BCUT2D eigenvalue weighted by Gasteiger charge is 1.53. The van der Waals surface area contributed by atoms with E-state index in [1.54, 1.807) is 0 Å². The summed E-state index contributed by atoms with van der Waals surface area (Å²) in [4.78, 5) is 17.0. The van der Waals surface area contributed by atoms with Crippen LogP contribution in [0.3, 0.4) is 0 Å². The summed E-state index contributed by atoms with van der Waals surface area (Å²) in [6, 6.07) is 0. The van der Waals surface area contributed by atoms with Crippen molar-refractivity contribution in [2.24, 2.45) is 0 Å². The Kier molecular flexibility index (Phi) is 7.76. The Morgan fingerprint density at radius 3 is 1.40 bits per heavy atom.